The monoisotopic (exact) mass is 336 g/mol. The lowest BCUT2D eigenvalue weighted by Gasteiger charge is -2.27. The SMILES string of the molecule is CCOC(=O)NCc1ccccc1CN(C)C(=O)OC(C)(C)CC. The minimum Gasteiger partial charge on any atom is -0.450 e. The first-order valence-corrected chi connectivity index (χ1v) is 8.20. The van der Waals surface area contributed by atoms with Gasteiger partial charge >= 0.3 is 12.2 Å². The molecule has 134 valence electrons. The average Bonchev–Trinajstić information content (AvgIpc) is 2.54. The molecule has 0 bridgehead atoms. The average molecular weight is 336 g/mol. The molecule has 0 spiro atoms. The largest absolute Gasteiger partial charge is 0.450 e. The molecule has 1 aromatic carbocycles. The highest BCUT2D eigenvalue weighted by atomic mass is 16.6. The van der Waals surface area contributed by atoms with Crippen molar-refractivity contribution in [3.63, 3.8) is 0 Å². The Kier molecular flexibility index (Phi) is 7.55. The third-order valence-corrected chi connectivity index (χ3v) is 3.75. The third kappa shape index (κ3) is 6.48. The number of hydrogen-bond donors (Lipinski definition) is 1. The number of nitrogens with one attached hydrogen (secondary N) is 1. The molecule has 0 aliphatic carbocycles. The standard InChI is InChI=1S/C18H28N2O4/c1-6-18(3,4)24-17(22)20(5)13-15-11-9-8-10-14(15)12-19-16(21)23-7-2/h8-11H,6-7,12-13H2,1-5H3,(H,19,21). The summed E-state index contributed by atoms with van der Waals surface area (Å²) in [7, 11) is 1.70. The molecule has 0 aliphatic rings. The van der Waals surface area contributed by atoms with Gasteiger partial charge in [-0.05, 0) is 38.3 Å². The molecule has 0 heterocycles. The molecule has 0 aliphatic heterocycles. The van der Waals surface area contributed by atoms with Crippen LogP contribution in [0.25, 0.3) is 0 Å². The molecule has 2 amide bonds. The second-order valence-corrected chi connectivity index (χ2v) is 6.18. The van der Waals surface area contributed by atoms with Gasteiger partial charge in [0.2, 0.25) is 0 Å². The smallest absolute Gasteiger partial charge is 0.410 e. The van der Waals surface area contributed by atoms with Gasteiger partial charge in [0.15, 0.2) is 0 Å². The van der Waals surface area contributed by atoms with Crippen LogP contribution in [0.4, 0.5) is 9.59 Å². The van der Waals surface area contributed by atoms with Crippen LogP contribution < -0.4 is 5.32 Å². The van der Waals surface area contributed by atoms with Gasteiger partial charge in [-0.3, -0.25) is 0 Å². The van der Waals surface area contributed by atoms with E-state index in [4.69, 9.17) is 9.47 Å². The molecule has 1 aromatic rings. The zero-order valence-corrected chi connectivity index (χ0v) is 15.2. The van der Waals surface area contributed by atoms with E-state index in [-0.39, 0.29) is 6.09 Å². The van der Waals surface area contributed by atoms with Gasteiger partial charge in [-0.15, -0.1) is 0 Å². The molecule has 0 saturated heterocycles. The van der Waals surface area contributed by atoms with E-state index in [2.05, 4.69) is 5.32 Å². The molecule has 0 aromatic heterocycles. The lowest BCUT2D eigenvalue weighted by molar-refractivity contribution is 0.0144. The predicted molar refractivity (Wildman–Crippen MR) is 92.6 cm³/mol. The summed E-state index contributed by atoms with van der Waals surface area (Å²) in [5.74, 6) is 0. The number of benzene rings is 1. The number of amides is 2. The van der Waals surface area contributed by atoms with Crippen LogP contribution in [-0.2, 0) is 22.6 Å². The predicted octanol–water partition coefficient (Wildman–Crippen LogP) is 3.69. The number of nitrogens with zero attached hydrogens (tertiary/aromatic N) is 1. The summed E-state index contributed by atoms with van der Waals surface area (Å²) >= 11 is 0. The fourth-order valence-electron chi connectivity index (χ4n) is 1.94. The Morgan fingerprint density at radius 3 is 2.38 bits per heavy atom. The van der Waals surface area contributed by atoms with Crippen molar-refractivity contribution in [3.8, 4) is 0 Å². The molecule has 6 nitrogen and oxygen atoms in total. The minimum absolute atomic E-state index is 0.329. The van der Waals surface area contributed by atoms with Gasteiger partial charge in [0.25, 0.3) is 0 Å². The number of ether oxygens (including phenoxy) is 2. The van der Waals surface area contributed by atoms with Crippen LogP contribution in [0.2, 0.25) is 0 Å². The van der Waals surface area contributed by atoms with E-state index < -0.39 is 11.7 Å². The number of rotatable bonds is 7. The lowest BCUT2D eigenvalue weighted by atomic mass is 10.1. The highest BCUT2D eigenvalue weighted by molar-refractivity contribution is 5.68. The van der Waals surface area contributed by atoms with E-state index in [1.54, 1.807) is 14.0 Å². The number of hydrogen-bond acceptors (Lipinski definition) is 4. The fraction of sp³-hybridized carbons (Fsp3) is 0.556. The Bertz CT molecular complexity index is 558. The summed E-state index contributed by atoms with van der Waals surface area (Å²) in [5, 5.41) is 2.69. The minimum atomic E-state index is -0.490. The lowest BCUT2D eigenvalue weighted by Crippen LogP contribution is -2.35. The van der Waals surface area contributed by atoms with Crippen LogP contribution in [0.3, 0.4) is 0 Å². The van der Waals surface area contributed by atoms with E-state index in [0.29, 0.717) is 19.7 Å². The Hall–Kier alpha value is -2.24. The van der Waals surface area contributed by atoms with Crippen LogP contribution in [0, 0.1) is 0 Å². The van der Waals surface area contributed by atoms with Crippen molar-refractivity contribution < 1.29 is 19.1 Å². The molecule has 24 heavy (non-hydrogen) atoms. The van der Waals surface area contributed by atoms with Crippen molar-refractivity contribution in [1.82, 2.24) is 10.2 Å². The van der Waals surface area contributed by atoms with Crippen molar-refractivity contribution in [2.45, 2.75) is 52.8 Å². The van der Waals surface area contributed by atoms with Crippen LogP contribution in [0.15, 0.2) is 24.3 Å². The quantitative estimate of drug-likeness (QED) is 0.824. The highest BCUT2D eigenvalue weighted by Crippen LogP contribution is 2.17. The molecule has 0 fully saturated rings. The molecule has 0 radical (unpaired) electrons. The summed E-state index contributed by atoms with van der Waals surface area (Å²) in [5.41, 5.74) is 1.39. The summed E-state index contributed by atoms with van der Waals surface area (Å²) in [6.45, 7) is 8.58. The molecule has 6 heteroatoms. The molecule has 1 rings (SSSR count). The first-order valence-electron chi connectivity index (χ1n) is 8.20. The maximum atomic E-state index is 12.2. The Labute approximate surface area is 144 Å². The Morgan fingerprint density at radius 1 is 1.17 bits per heavy atom. The molecule has 0 atom stereocenters. The Balaban J connectivity index is 2.70. The van der Waals surface area contributed by atoms with Gasteiger partial charge in [-0.1, -0.05) is 31.2 Å². The van der Waals surface area contributed by atoms with Crippen LogP contribution in [-0.4, -0.2) is 36.3 Å². The molecular weight excluding hydrogens is 308 g/mol. The summed E-state index contributed by atoms with van der Waals surface area (Å²) in [6, 6.07) is 7.64. The maximum Gasteiger partial charge on any atom is 0.410 e. The first-order chi connectivity index (χ1) is 11.3. The molecular formula is C18H28N2O4. The zero-order valence-electron chi connectivity index (χ0n) is 15.2. The topological polar surface area (TPSA) is 67.9 Å². The second-order valence-electron chi connectivity index (χ2n) is 6.18. The Morgan fingerprint density at radius 2 is 1.79 bits per heavy atom. The van der Waals surface area contributed by atoms with E-state index in [1.165, 1.54) is 4.90 Å². The van der Waals surface area contributed by atoms with Crippen molar-refractivity contribution >= 4 is 12.2 Å². The van der Waals surface area contributed by atoms with E-state index in [9.17, 15) is 9.59 Å². The van der Waals surface area contributed by atoms with Crippen molar-refractivity contribution in [3.05, 3.63) is 35.4 Å². The first kappa shape index (κ1) is 19.8. The van der Waals surface area contributed by atoms with Crippen molar-refractivity contribution in [2.24, 2.45) is 0 Å². The second kappa shape index (κ2) is 9.15. The summed E-state index contributed by atoms with van der Waals surface area (Å²) < 4.78 is 10.3. The normalized spacial score (nSPS) is 10.9. The van der Waals surface area contributed by atoms with Crippen molar-refractivity contribution in [1.29, 1.82) is 0 Å². The van der Waals surface area contributed by atoms with Gasteiger partial charge in [0.05, 0.1) is 6.61 Å². The summed E-state index contributed by atoms with van der Waals surface area (Å²) in [4.78, 5) is 25.2. The van der Waals surface area contributed by atoms with E-state index in [1.807, 2.05) is 45.0 Å². The van der Waals surface area contributed by atoms with Gasteiger partial charge in [0, 0.05) is 20.1 Å². The third-order valence-electron chi connectivity index (χ3n) is 3.75. The fourth-order valence-corrected chi connectivity index (χ4v) is 1.94. The number of alkyl carbamates (subject to hydrolysis) is 1. The number of carbonyl (C=O) groups excluding carboxylic acids is 2. The van der Waals surface area contributed by atoms with Gasteiger partial charge in [-0.25, -0.2) is 9.59 Å². The van der Waals surface area contributed by atoms with Gasteiger partial charge < -0.3 is 19.7 Å². The highest BCUT2D eigenvalue weighted by Gasteiger charge is 2.23. The van der Waals surface area contributed by atoms with Crippen LogP contribution in [0.5, 0.6) is 0 Å². The van der Waals surface area contributed by atoms with Gasteiger partial charge in [-0.2, -0.15) is 0 Å². The molecule has 0 unspecified atom stereocenters. The maximum absolute atomic E-state index is 12.2. The van der Waals surface area contributed by atoms with E-state index >= 15 is 0 Å². The molecule has 1 N–H and O–H groups in total. The van der Waals surface area contributed by atoms with Crippen molar-refractivity contribution in [2.75, 3.05) is 13.7 Å². The zero-order chi connectivity index (χ0) is 18.2. The number of carbonyl (C=O) groups is 2. The molecule has 0 saturated carbocycles. The van der Waals surface area contributed by atoms with Crippen LogP contribution in [0.1, 0.15) is 45.2 Å². The van der Waals surface area contributed by atoms with E-state index in [0.717, 1.165) is 17.5 Å². The van der Waals surface area contributed by atoms with Gasteiger partial charge in [0.1, 0.15) is 5.60 Å². The summed E-state index contributed by atoms with van der Waals surface area (Å²) in [6.07, 6.45) is -0.0770. The van der Waals surface area contributed by atoms with Crippen LogP contribution >= 0.6 is 0 Å².